The summed E-state index contributed by atoms with van der Waals surface area (Å²) >= 11 is 0. The number of hydrogen-bond donors (Lipinski definition) is 2. The number of rotatable bonds is 12. The maximum Gasteiger partial charge on any atom is 0.573 e. The molecule has 0 atom stereocenters. The average Bonchev–Trinajstić information content (AvgIpc) is 3.37. The van der Waals surface area contributed by atoms with Crippen LogP contribution >= 0.6 is 0 Å². The minimum Gasteiger partial charge on any atom is -0.493 e. The van der Waals surface area contributed by atoms with Gasteiger partial charge >= 0.3 is 12.3 Å². The predicted octanol–water partition coefficient (Wildman–Crippen LogP) is 7.61. The summed E-state index contributed by atoms with van der Waals surface area (Å²) in [6, 6.07) is 28.3. The third kappa shape index (κ3) is 10.1. The van der Waals surface area contributed by atoms with Gasteiger partial charge in [-0.2, -0.15) is 8.42 Å². The Bertz CT molecular complexity index is 1840. The Kier molecular flexibility index (Phi) is 11.4. The number of carboxylic acids is 1. The number of aliphatic carboxylic acids is 1. The standard InChI is InChI=1S/C27H25F3N2O4.C6H6O3S/c28-27(29,30)36-21-15-13-19(14-16-21)26-31-22-9-4-5-10-23(22)32(26)18-20-8-3-6-11-24(20)35-17-7-1-2-12-25(33)34;7-10(8,9)6-4-2-1-3-5-6/h3-6,8-11,13-16H,1-2,7,12,17-18H2,(H,33,34);1-5H,(H,7,8,9). The van der Waals surface area contributed by atoms with Crippen LogP contribution in [0.15, 0.2) is 108 Å². The van der Waals surface area contributed by atoms with Crippen LogP contribution in [0.1, 0.15) is 31.2 Å². The van der Waals surface area contributed by atoms with Crippen molar-refractivity contribution >= 4 is 27.1 Å². The number of alkyl halides is 3. The highest BCUT2D eigenvalue weighted by atomic mass is 32.2. The summed E-state index contributed by atoms with van der Waals surface area (Å²) in [5.41, 5.74) is 3.22. The summed E-state index contributed by atoms with van der Waals surface area (Å²) < 4.78 is 78.9. The third-order valence-electron chi connectivity index (χ3n) is 6.64. The number of para-hydroxylation sites is 3. The molecule has 1 heterocycles. The van der Waals surface area contributed by atoms with Crippen LogP contribution < -0.4 is 9.47 Å². The molecule has 0 spiro atoms. The second-order valence-corrected chi connectivity index (χ2v) is 11.5. The fourth-order valence-electron chi connectivity index (χ4n) is 4.54. The molecule has 1 aromatic heterocycles. The molecule has 0 aliphatic carbocycles. The molecule has 0 saturated heterocycles. The van der Waals surface area contributed by atoms with E-state index in [1.54, 1.807) is 30.3 Å². The van der Waals surface area contributed by atoms with Gasteiger partial charge in [0.05, 0.1) is 29.1 Å². The number of halogens is 3. The van der Waals surface area contributed by atoms with Gasteiger partial charge in [0.15, 0.2) is 0 Å². The van der Waals surface area contributed by atoms with E-state index in [1.165, 1.54) is 24.3 Å². The number of carbonyl (C=O) groups is 1. The first-order valence-corrected chi connectivity index (χ1v) is 15.6. The van der Waals surface area contributed by atoms with Crippen molar-refractivity contribution in [3.63, 3.8) is 0 Å². The molecule has 0 aliphatic rings. The molecule has 0 fully saturated rings. The van der Waals surface area contributed by atoms with E-state index in [9.17, 15) is 26.4 Å². The monoisotopic (exact) mass is 656 g/mol. The molecule has 0 saturated carbocycles. The number of nitrogens with zero attached hydrogens (tertiary/aromatic N) is 2. The van der Waals surface area contributed by atoms with Gasteiger partial charge in [-0.15, -0.1) is 13.2 Å². The topological polar surface area (TPSA) is 128 Å². The lowest BCUT2D eigenvalue weighted by Crippen LogP contribution is -2.17. The highest BCUT2D eigenvalue weighted by Gasteiger charge is 2.31. The Balaban J connectivity index is 0.000000409. The van der Waals surface area contributed by atoms with E-state index in [0.717, 1.165) is 29.4 Å². The summed E-state index contributed by atoms with van der Waals surface area (Å²) in [5, 5.41) is 8.76. The van der Waals surface area contributed by atoms with Crippen LogP contribution in [-0.4, -0.2) is 46.6 Å². The number of benzene rings is 4. The van der Waals surface area contributed by atoms with Gasteiger partial charge in [0.2, 0.25) is 0 Å². The number of imidazole rings is 1. The largest absolute Gasteiger partial charge is 0.573 e. The Hall–Kier alpha value is -4.88. The van der Waals surface area contributed by atoms with Crippen LogP contribution in [0.3, 0.4) is 0 Å². The first-order chi connectivity index (χ1) is 21.9. The van der Waals surface area contributed by atoms with Gasteiger partial charge in [-0.1, -0.05) is 48.5 Å². The summed E-state index contributed by atoms with van der Waals surface area (Å²) in [6.45, 7) is 0.903. The van der Waals surface area contributed by atoms with Crippen LogP contribution in [0, 0.1) is 0 Å². The number of hydrogen-bond acceptors (Lipinski definition) is 6. The summed E-state index contributed by atoms with van der Waals surface area (Å²) in [6.07, 6.45) is -2.49. The number of fused-ring (bicyclic) bond motifs is 1. The third-order valence-corrected chi connectivity index (χ3v) is 7.50. The fraction of sp³-hybridized carbons (Fsp3) is 0.212. The van der Waals surface area contributed by atoms with E-state index in [-0.39, 0.29) is 17.1 Å². The van der Waals surface area contributed by atoms with Gasteiger partial charge in [-0.3, -0.25) is 9.35 Å². The molecular weight excluding hydrogens is 625 g/mol. The SMILES string of the molecule is O=C(O)CCCCCOc1ccccc1Cn1c(-c2ccc(OC(F)(F)F)cc2)nc2ccccc21.O=S(=O)(O)c1ccccc1. The van der Waals surface area contributed by atoms with Crippen LogP contribution in [0.25, 0.3) is 22.4 Å². The molecule has 242 valence electrons. The molecule has 0 aliphatic heterocycles. The first-order valence-electron chi connectivity index (χ1n) is 14.2. The zero-order valence-corrected chi connectivity index (χ0v) is 25.2. The normalized spacial score (nSPS) is 11.5. The Morgan fingerprint density at radius 1 is 0.826 bits per heavy atom. The minimum absolute atomic E-state index is 0.0741. The van der Waals surface area contributed by atoms with Crippen molar-refractivity contribution in [1.29, 1.82) is 0 Å². The Labute approximate surface area is 263 Å². The van der Waals surface area contributed by atoms with Crippen molar-refractivity contribution in [2.75, 3.05) is 6.61 Å². The summed E-state index contributed by atoms with van der Waals surface area (Å²) in [4.78, 5) is 15.3. The van der Waals surface area contributed by atoms with E-state index >= 15 is 0 Å². The lowest BCUT2D eigenvalue weighted by atomic mass is 10.1. The van der Waals surface area contributed by atoms with Crippen molar-refractivity contribution in [1.82, 2.24) is 9.55 Å². The lowest BCUT2D eigenvalue weighted by molar-refractivity contribution is -0.274. The lowest BCUT2D eigenvalue weighted by Gasteiger charge is -2.15. The second-order valence-electron chi connectivity index (χ2n) is 10.0. The molecule has 0 radical (unpaired) electrons. The van der Waals surface area contributed by atoms with E-state index in [2.05, 4.69) is 4.74 Å². The highest BCUT2D eigenvalue weighted by Crippen LogP contribution is 2.30. The minimum atomic E-state index is -4.76. The van der Waals surface area contributed by atoms with Crippen molar-refractivity contribution in [3.8, 4) is 22.9 Å². The van der Waals surface area contributed by atoms with Gasteiger partial charge in [0.25, 0.3) is 10.1 Å². The van der Waals surface area contributed by atoms with E-state index in [0.29, 0.717) is 36.7 Å². The molecule has 0 amide bonds. The molecule has 9 nitrogen and oxygen atoms in total. The fourth-order valence-corrected chi connectivity index (χ4v) is 5.04. The van der Waals surface area contributed by atoms with Gasteiger partial charge in [0, 0.05) is 17.5 Å². The Morgan fingerprint density at radius 3 is 2.13 bits per heavy atom. The van der Waals surface area contributed by atoms with Crippen molar-refractivity contribution < 1.29 is 45.5 Å². The van der Waals surface area contributed by atoms with Crippen molar-refractivity contribution in [2.45, 2.75) is 43.5 Å². The van der Waals surface area contributed by atoms with Crippen LogP contribution in [0.4, 0.5) is 13.2 Å². The first kappa shape index (κ1) is 34.0. The van der Waals surface area contributed by atoms with Crippen molar-refractivity contribution in [2.24, 2.45) is 0 Å². The van der Waals surface area contributed by atoms with E-state index in [4.69, 9.17) is 19.4 Å². The smallest absolute Gasteiger partial charge is 0.493 e. The van der Waals surface area contributed by atoms with Crippen LogP contribution in [0.2, 0.25) is 0 Å². The maximum absolute atomic E-state index is 12.6. The average molecular weight is 657 g/mol. The molecular formula is C33H31F3N2O7S. The number of carboxylic acid groups (broad SMARTS) is 1. The molecule has 46 heavy (non-hydrogen) atoms. The molecule has 0 bridgehead atoms. The number of ether oxygens (including phenoxy) is 2. The van der Waals surface area contributed by atoms with E-state index in [1.807, 2.05) is 53.1 Å². The zero-order chi connectivity index (χ0) is 33.2. The molecule has 4 aromatic carbocycles. The maximum atomic E-state index is 12.6. The quantitative estimate of drug-likeness (QED) is 0.104. The molecule has 13 heteroatoms. The molecule has 5 rings (SSSR count). The van der Waals surface area contributed by atoms with E-state index < -0.39 is 22.4 Å². The van der Waals surface area contributed by atoms with Gasteiger partial charge in [0.1, 0.15) is 17.3 Å². The van der Waals surface area contributed by atoms with Gasteiger partial charge in [-0.05, 0) is 73.9 Å². The summed E-state index contributed by atoms with van der Waals surface area (Å²) in [5.74, 6) is 0.231. The van der Waals surface area contributed by atoms with Crippen LogP contribution in [-0.2, 0) is 21.5 Å². The summed E-state index contributed by atoms with van der Waals surface area (Å²) in [7, 11) is -4.00. The van der Waals surface area contributed by atoms with Crippen LogP contribution in [0.5, 0.6) is 11.5 Å². The highest BCUT2D eigenvalue weighted by molar-refractivity contribution is 7.85. The molecule has 5 aromatic rings. The molecule has 0 unspecified atom stereocenters. The number of aromatic nitrogens is 2. The Morgan fingerprint density at radius 2 is 1.48 bits per heavy atom. The van der Waals surface area contributed by atoms with Crippen molar-refractivity contribution in [3.05, 3.63) is 109 Å². The predicted molar refractivity (Wildman–Crippen MR) is 165 cm³/mol. The second kappa shape index (κ2) is 15.4. The molecule has 2 N–H and O–H groups in total. The van der Waals surface area contributed by atoms with Gasteiger partial charge in [-0.25, -0.2) is 4.98 Å². The van der Waals surface area contributed by atoms with Gasteiger partial charge < -0.3 is 19.1 Å². The number of unbranched alkanes of at least 4 members (excludes halogenated alkanes) is 2. The zero-order valence-electron chi connectivity index (χ0n) is 24.4.